The van der Waals surface area contributed by atoms with E-state index in [-0.39, 0.29) is 17.0 Å². The first-order chi connectivity index (χ1) is 19.0. The first kappa shape index (κ1) is 27.7. The molecule has 1 N–H and O–H groups in total. The molecular formula is C34H31FO4S. The van der Waals surface area contributed by atoms with Crippen LogP contribution in [0.2, 0.25) is 0 Å². The molecule has 204 valence electrons. The van der Waals surface area contributed by atoms with Gasteiger partial charge in [0.15, 0.2) is 5.78 Å². The average molecular weight is 555 g/mol. The maximum Gasteiger partial charge on any atom is 0.307 e. The van der Waals surface area contributed by atoms with Crippen LogP contribution >= 0.6 is 11.8 Å². The van der Waals surface area contributed by atoms with E-state index in [2.05, 4.69) is 32.9 Å². The molecule has 0 amide bonds. The van der Waals surface area contributed by atoms with E-state index in [1.165, 1.54) is 23.9 Å². The molecule has 0 radical (unpaired) electrons. The molecule has 0 saturated carbocycles. The zero-order valence-corrected chi connectivity index (χ0v) is 23.8. The molecule has 0 bridgehead atoms. The summed E-state index contributed by atoms with van der Waals surface area (Å²) in [6, 6.07) is 24.2. The lowest BCUT2D eigenvalue weighted by atomic mass is 9.80. The fourth-order valence-electron chi connectivity index (χ4n) is 4.91. The molecule has 1 atom stereocenters. The van der Waals surface area contributed by atoms with Gasteiger partial charge in [-0.15, -0.1) is 0 Å². The normalized spacial score (nSPS) is 12.6. The second-order valence-corrected chi connectivity index (χ2v) is 12.2. The maximum absolute atomic E-state index is 14.5. The van der Waals surface area contributed by atoms with E-state index in [9.17, 15) is 14.0 Å². The van der Waals surface area contributed by atoms with Crippen molar-refractivity contribution in [2.24, 2.45) is 5.92 Å². The van der Waals surface area contributed by atoms with Crippen molar-refractivity contribution in [1.82, 2.24) is 0 Å². The van der Waals surface area contributed by atoms with E-state index in [0.29, 0.717) is 22.4 Å². The predicted molar refractivity (Wildman–Crippen MR) is 161 cm³/mol. The lowest BCUT2D eigenvalue weighted by Crippen LogP contribution is -2.15. The highest BCUT2D eigenvalue weighted by Crippen LogP contribution is 2.40. The molecule has 5 aromatic rings. The summed E-state index contributed by atoms with van der Waals surface area (Å²) in [4.78, 5) is 24.7. The highest BCUT2D eigenvalue weighted by atomic mass is 32.2. The van der Waals surface area contributed by atoms with Crippen LogP contribution in [-0.2, 0) is 16.0 Å². The Kier molecular flexibility index (Phi) is 7.56. The summed E-state index contributed by atoms with van der Waals surface area (Å²) in [6.07, 6.45) is 0. The number of aliphatic carboxylic acids is 1. The number of thioether (sulfide) groups is 1. The Balaban J connectivity index is 1.51. The van der Waals surface area contributed by atoms with Gasteiger partial charge in [0.05, 0.1) is 5.92 Å². The Hall–Kier alpha value is -3.90. The molecule has 5 rings (SSSR count). The fourth-order valence-corrected chi connectivity index (χ4v) is 5.97. The van der Waals surface area contributed by atoms with Crippen LogP contribution in [0.15, 0.2) is 83.3 Å². The van der Waals surface area contributed by atoms with Gasteiger partial charge in [-0.1, -0.05) is 76.2 Å². The van der Waals surface area contributed by atoms with Gasteiger partial charge < -0.3 is 9.52 Å². The highest BCUT2D eigenvalue weighted by Gasteiger charge is 2.24. The lowest BCUT2D eigenvalue weighted by Gasteiger charge is -2.24. The zero-order chi connectivity index (χ0) is 28.6. The lowest BCUT2D eigenvalue weighted by molar-refractivity contribution is -0.140. The molecule has 40 heavy (non-hydrogen) atoms. The van der Waals surface area contributed by atoms with Gasteiger partial charge >= 0.3 is 5.97 Å². The largest absolute Gasteiger partial charge is 0.481 e. The van der Waals surface area contributed by atoms with E-state index >= 15 is 0 Å². The van der Waals surface area contributed by atoms with Crippen LogP contribution in [0.25, 0.3) is 33.1 Å². The average Bonchev–Trinajstić information content (AvgIpc) is 3.32. The fraction of sp³-hybridized carbons (Fsp3) is 0.235. The summed E-state index contributed by atoms with van der Waals surface area (Å²) in [7, 11) is 0. The molecule has 1 heterocycles. The Morgan fingerprint density at radius 1 is 0.900 bits per heavy atom. The molecular weight excluding hydrogens is 523 g/mol. The van der Waals surface area contributed by atoms with Crippen LogP contribution in [0, 0.1) is 11.7 Å². The van der Waals surface area contributed by atoms with E-state index in [4.69, 9.17) is 9.52 Å². The number of hydrogen-bond donors (Lipinski definition) is 1. The summed E-state index contributed by atoms with van der Waals surface area (Å²) in [6.45, 7) is 7.97. The molecule has 0 aliphatic carbocycles. The smallest absolute Gasteiger partial charge is 0.307 e. The third kappa shape index (κ3) is 5.41. The molecule has 6 heteroatoms. The van der Waals surface area contributed by atoms with Crippen LogP contribution < -0.4 is 0 Å². The topological polar surface area (TPSA) is 67.5 Å². The number of carbonyl (C=O) groups excluding carboxylic acids is 1. The minimum Gasteiger partial charge on any atom is -0.481 e. The van der Waals surface area contributed by atoms with Crippen molar-refractivity contribution in [1.29, 1.82) is 0 Å². The number of ketones is 1. The summed E-state index contributed by atoms with van der Waals surface area (Å²) in [5.74, 6) is -1.36. The third-order valence-corrected chi connectivity index (χ3v) is 8.39. The maximum atomic E-state index is 14.5. The Morgan fingerprint density at radius 3 is 2.35 bits per heavy atom. The molecule has 0 fully saturated rings. The van der Waals surface area contributed by atoms with Crippen molar-refractivity contribution in [3.8, 4) is 11.1 Å². The van der Waals surface area contributed by atoms with Gasteiger partial charge in [-0.3, -0.25) is 9.59 Å². The molecule has 0 saturated heterocycles. The number of halogens is 1. The van der Waals surface area contributed by atoms with E-state index in [0.717, 1.165) is 38.6 Å². The number of para-hydroxylation sites is 2. The third-order valence-electron chi connectivity index (χ3n) is 7.14. The van der Waals surface area contributed by atoms with Gasteiger partial charge in [0.25, 0.3) is 0 Å². The Bertz CT molecular complexity index is 1740. The number of rotatable bonds is 8. The van der Waals surface area contributed by atoms with Crippen LogP contribution in [0.4, 0.5) is 4.39 Å². The number of carboxylic acids is 1. The van der Waals surface area contributed by atoms with Crippen molar-refractivity contribution < 1.29 is 23.5 Å². The monoisotopic (exact) mass is 554 g/mol. The van der Waals surface area contributed by atoms with Crippen molar-refractivity contribution >= 4 is 45.5 Å². The van der Waals surface area contributed by atoms with Crippen molar-refractivity contribution in [3.05, 3.63) is 107 Å². The number of fused-ring (bicyclic) bond motifs is 3. The van der Waals surface area contributed by atoms with Crippen LogP contribution in [0.1, 0.15) is 54.7 Å². The zero-order valence-electron chi connectivity index (χ0n) is 23.0. The predicted octanol–water partition coefficient (Wildman–Crippen LogP) is 8.87. The number of carboxylic acid groups (broad SMARTS) is 1. The quantitative estimate of drug-likeness (QED) is 0.194. The molecule has 1 aromatic heterocycles. The van der Waals surface area contributed by atoms with Gasteiger partial charge in [-0.05, 0) is 52.4 Å². The summed E-state index contributed by atoms with van der Waals surface area (Å²) in [5, 5.41) is 11.2. The Morgan fingerprint density at radius 2 is 1.60 bits per heavy atom. The Labute approximate surface area is 237 Å². The van der Waals surface area contributed by atoms with E-state index in [1.54, 1.807) is 13.0 Å². The van der Waals surface area contributed by atoms with E-state index in [1.807, 2.05) is 48.5 Å². The first-order valence-corrected chi connectivity index (χ1v) is 14.4. The number of hydrogen-bond acceptors (Lipinski definition) is 4. The van der Waals surface area contributed by atoms with Crippen molar-refractivity contribution in [3.63, 3.8) is 0 Å². The van der Waals surface area contributed by atoms with Gasteiger partial charge in [0.2, 0.25) is 0 Å². The van der Waals surface area contributed by atoms with Gasteiger partial charge in [-0.2, -0.15) is 11.8 Å². The number of furan rings is 1. The second-order valence-electron chi connectivity index (χ2n) is 11.2. The van der Waals surface area contributed by atoms with Crippen LogP contribution in [0.5, 0.6) is 0 Å². The summed E-state index contributed by atoms with van der Waals surface area (Å²) < 4.78 is 20.8. The molecule has 4 nitrogen and oxygen atoms in total. The van der Waals surface area contributed by atoms with Gasteiger partial charge in [0, 0.05) is 39.0 Å². The number of carbonyl (C=O) groups is 2. The SMILES string of the molecule is CC(CSCc1cc(C(=O)c2ccc(-c3cccc4c3oc3ccccc34)c(C(C)(C)C)c2)ccc1F)C(=O)O. The van der Waals surface area contributed by atoms with Crippen LogP contribution in [-0.4, -0.2) is 22.6 Å². The van der Waals surface area contributed by atoms with Crippen molar-refractivity contribution in [2.45, 2.75) is 38.9 Å². The minimum atomic E-state index is -0.883. The van der Waals surface area contributed by atoms with Crippen molar-refractivity contribution in [2.75, 3.05) is 5.75 Å². The van der Waals surface area contributed by atoms with E-state index < -0.39 is 17.7 Å². The van der Waals surface area contributed by atoms with Gasteiger partial charge in [0.1, 0.15) is 17.0 Å². The molecule has 0 aliphatic heterocycles. The highest BCUT2D eigenvalue weighted by molar-refractivity contribution is 7.98. The molecule has 4 aromatic carbocycles. The summed E-state index contributed by atoms with van der Waals surface area (Å²) in [5.41, 5.74) is 5.65. The number of benzene rings is 4. The minimum absolute atomic E-state index is 0.191. The first-order valence-electron chi connectivity index (χ1n) is 13.2. The van der Waals surface area contributed by atoms with Crippen LogP contribution in [0.3, 0.4) is 0 Å². The summed E-state index contributed by atoms with van der Waals surface area (Å²) >= 11 is 1.34. The molecule has 0 spiro atoms. The standard InChI is InChI=1S/C34H31FO4S/c1-20(33(37)38)18-40-19-23-16-21(13-15-29(23)35)31(36)22-12-14-24(28(17-22)34(2,3)4)26-9-7-10-27-25-8-5-6-11-30(25)39-32(26)27/h5-17,20H,18-19H2,1-4H3,(H,37,38). The van der Waals surface area contributed by atoms with Gasteiger partial charge in [-0.25, -0.2) is 4.39 Å². The molecule has 0 aliphatic rings. The second kappa shape index (κ2) is 10.9. The molecule has 1 unspecified atom stereocenters.